The van der Waals surface area contributed by atoms with Crippen LogP contribution in [0.1, 0.15) is 19.2 Å². The zero-order chi connectivity index (χ0) is 18.4. The molecule has 0 radical (unpaired) electrons. The maximum absolute atomic E-state index is 12.4. The molecule has 0 spiro atoms. The van der Waals surface area contributed by atoms with Crippen molar-refractivity contribution in [1.82, 2.24) is 15.5 Å². The van der Waals surface area contributed by atoms with Gasteiger partial charge in [-0.2, -0.15) is 4.98 Å². The molecule has 26 heavy (non-hydrogen) atoms. The van der Waals surface area contributed by atoms with Crippen LogP contribution in [0.3, 0.4) is 0 Å². The van der Waals surface area contributed by atoms with Gasteiger partial charge in [0.1, 0.15) is 11.5 Å². The monoisotopic (exact) mass is 373 g/mol. The van der Waals surface area contributed by atoms with Crippen LogP contribution in [-0.2, 0) is 11.3 Å². The lowest BCUT2D eigenvalue weighted by atomic mass is 10.2. The fraction of sp³-hybridized carbons (Fsp3) is 0.278. The first-order valence-electron chi connectivity index (χ1n) is 8.14. The lowest BCUT2D eigenvalue weighted by Crippen LogP contribution is -2.37. The van der Waals surface area contributed by atoms with Crippen LogP contribution in [0.2, 0.25) is 0 Å². The number of benzene rings is 1. The van der Waals surface area contributed by atoms with Crippen molar-refractivity contribution in [3.63, 3.8) is 0 Å². The van der Waals surface area contributed by atoms with Crippen molar-refractivity contribution >= 4 is 17.2 Å². The van der Waals surface area contributed by atoms with Gasteiger partial charge in [0.05, 0.1) is 18.5 Å². The highest BCUT2D eigenvalue weighted by Crippen LogP contribution is 2.22. The van der Waals surface area contributed by atoms with Gasteiger partial charge < -0.3 is 19.3 Å². The van der Waals surface area contributed by atoms with E-state index in [-0.39, 0.29) is 12.5 Å². The Kier molecular flexibility index (Phi) is 5.85. The summed E-state index contributed by atoms with van der Waals surface area (Å²) in [6.07, 6.45) is -0.102. The second-order valence-corrected chi connectivity index (χ2v) is 6.35. The fourth-order valence-corrected chi connectivity index (χ4v) is 2.92. The van der Waals surface area contributed by atoms with E-state index in [9.17, 15) is 4.79 Å². The molecule has 8 heteroatoms. The standard InChI is InChI=1S/C18H19N3O4S/c1-3-14(24-13-7-4-6-12(10-13)23-2)18(22)19-11-16-20-17(21-25-16)15-8-5-9-26-15/h4-10,14H,3,11H2,1-2H3,(H,19,22). The van der Waals surface area contributed by atoms with Crippen LogP contribution in [0.25, 0.3) is 10.7 Å². The van der Waals surface area contributed by atoms with Crippen LogP contribution >= 0.6 is 11.3 Å². The Hall–Kier alpha value is -2.87. The Morgan fingerprint density at radius 1 is 1.31 bits per heavy atom. The molecule has 7 nitrogen and oxygen atoms in total. The minimum atomic E-state index is -0.623. The zero-order valence-electron chi connectivity index (χ0n) is 14.5. The van der Waals surface area contributed by atoms with E-state index in [0.717, 1.165) is 4.88 Å². The van der Waals surface area contributed by atoms with Crippen LogP contribution in [0, 0.1) is 0 Å². The molecule has 0 bridgehead atoms. The van der Waals surface area contributed by atoms with Gasteiger partial charge in [0.15, 0.2) is 6.10 Å². The van der Waals surface area contributed by atoms with Crippen molar-refractivity contribution in [2.75, 3.05) is 7.11 Å². The summed E-state index contributed by atoms with van der Waals surface area (Å²) in [6.45, 7) is 2.03. The molecular weight excluding hydrogens is 354 g/mol. The second-order valence-electron chi connectivity index (χ2n) is 5.40. The van der Waals surface area contributed by atoms with Gasteiger partial charge in [-0.15, -0.1) is 11.3 Å². The Morgan fingerprint density at radius 2 is 2.15 bits per heavy atom. The molecule has 2 aromatic heterocycles. The van der Waals surface area contributed by atoms with Crippen LogP contribution in [-0.4, -0.2) is 29.3 Å². The van der Waals surface area contributed by atoms with E-state index in [1.165, 1.54) is 11.3 Å². The van der Waals surface area contributed by atoms with Gasteiger partial charge in [-0.3, -0.25) is 4.79 Å². The van der Waals surface area contributed by atoms with E-state index < -0.39 is 6.10 Å². The molecule has 1 N–H and O–H groups in total. The largest absolute Gasteiger partial charge is 0.497 e. The molecule has 1 amide bonds. The summed E-state index contributed by atoms with van der Waals surface area (Å²) in [5.74, 6) is 1.86. The number of carbonyl (C=O) groups excluding carboxylic acids is 1. The highest BCUT2D eigenvalue weighted by molar-refractivity contribution is 7.13. The number of thiophene rings is 1. The number of carbonyl (C=O) groups is 1. The molecular formula is C18H19N3O4S. The predicted molar refractivity (Wildman–Crippen MR) is 97.2 cm³/mol. The Balaban J connectivity index is 1.57. The van der Waals surface area contributed by atoms with Gasteiger partial charge in [0.2, 0.25) is 11.7 Å². The van der Waals surface area contributed by atoms with Crippen molar-refractivity contribution in [3.05, 3.63) is 47.7 Å². The number of hydrogen-bond acceptors (Lipinski definition) is 7. The van der Waals surface area contributed by atoms with Gasteiger partial charge in [-0.25, -0.2) is 0 Å². The van der Waals surface area contributed by atoms with E-state index >= 15 is 0 Å². The maximum Gasteiger partial charge on any atom is 0.261 e. The van der Waals surface area contributed by atoms with Gasteiger partial charge in [-0.05, 0) is 30.0 Å². The fourth-order valence-electron chi connectivity index (χ4n) is 2.27. The third-order valence-corrected chi connectivity index (χ3v) is 4.47. The Bertz CT molecular complexity index is 848. The number of hydrogen-bond donors (Lipinski definition) is 1. The number of amides is 1. The SMILES string of the molecule is CCC(Oc1cccc(OC)c1)C(=O)NCc1nc(-c2cccs2)no1. The van der Waals surface area contributed by atoms with Gasteiger partial charge in [0, 0.05) is 6.07 Å². The molecule has 0 aliphatic rings. The maximum atomic E-state index is 12.4. The third kappa shape index (κ3) is 4.40. The van der Waals surface area contributed by atoms with E-state index in [4.69, 9.17) is 14.0 Å². The van der Waals surface area contributed by atoms with Crippen molar-refractivity contribution in [3.8, 4) is 22.2 Å². The summed E-state index contributed by atoms with van der Waals surface area (Å²) in [7, 11) is 1.58. The first kappa shape index (κ1) is 17.9. The summed E-state index contributed by atoms with van der Waals surface area (Å²) >= 11 is 1.52. The van der Waals surface area contributed by atoms with E-state index in [1.807, 2.05) is 36.6 Å². The number of rotatable bonds is 8. The molecule has 3 rings (SSSR count). The highest BCUT2D eigenvalue weighted by Gasteiger charge is 2.19. The summed E-state index contributed by atoms with van der Waals surface area (Å²) in [4.78, 5) is 17.6. The van der Waals surface area contributed by atoms with Gasteiger partial charge in [-0.1, -0.05) is 24.2 Å². The van der Waals surface area contributed by atoms with Crippen molar-refractivity contribution in [1.29, 1.82) is 0 Å². The minimum absolute atomic E-state index is 0.148. The molecule has 136 valence electrons. The molecule has 3 aromatic rings. The molecule has 0 saturated carbocycles. The molecule has 0 fully saturated rings. The van der Waals surface area contributed by atoms with Crippen LogP contribution in [0.4, 0.5) is 0 Å². The van der Waals surface area contributed by atoms with E-state index in [2.05, 4.69) is 15.5 Å². The van der Waals surface area contributed by atoms with Crippen LogP contribution < -0.4 is 14.8 Å². The first-order chi connectivity index (χ1) is 12.7. The molecule has 1 aromatic carbocycles. The summed E-state index contributed by atoms with van der Waals surface area (Å²) < 4.78 is 16.1. The Morgan fingerprint density at radius 3 is 2.88 bits per heavy atom. The number of nitrogens with one attached hydrogen (secondary N) is 1. The molecule has 0 aliphatic heterocycles. The van der Waals surface area contributed by atoms with Crippen molar-refractivity contribution < 1.29 is 18.8 Å². The average Bonchev–Trinajstić information content (AvgIpc) is 3.35. The van der Waals surface area contributed by atoms with Gasteiger partial charge >= 0.3 is 0 Å². The van der Waals surface area contributed by atoms with Crippen LogP contribution in [0.5, 0.6) is 11.5 Å². The lowest BCUT2D eigenvalue weighted by Gasteiger charge is -2.17. The smallest absolute Gasteiger partial charge is 0.261 e. The number of aromatic nitrogens is 2. The highest BCUT2D eigenvalue weighted by atomic mass is 32.1. The Labute approximate surface area is 154 Å². The minimum Gasteiger partial charge on any atom is -0.497 e. The van der Waals surface area contributed by atoms with Crippen molar-refractivity contribution in [2.45, 2.75) is 26.0 Å². The van der Waals surface area contributed by atoms with Gasteiger partial charge in [0.25, 0.3) is 5.91 Å². The van der Waals surface area contributed by atoms with E-state index in [0.29, 0.717) is 29.6 Å². The second kappa shape index (κ2) is 8.48. The number of ether oxygens (including phenoxy) is 2. The predicted octanol–water partition coefficient (Wildman–Crippen LogP) is 3.28. The zero-order valence-corrected chi connectivity index (χ0v) is 15.3. The normalized spacial score (nSPS) is 11.8. The molecule has 0 saturated heterocycles. The first-order valence-corrected chi connectivity index (χ1v) is 9.02. The summed E-state index contributed by atoms with van der Waals surface area (Å²) in [5, 5.41) is 8.63. The lowest BCUT2D eigenvalue weighted by molar-refractivity contribution is -0.128. The molecule has 2 heterocycles. The topological polar surface area (TPSA) is 86.5 Å². The third-order valence-electron chi connectivity index (χ3n) is 3.61. The van der Waals surface area contributed by atoms with Crippen LogP contribution in [0.15, 0.2) is 46.3 Å². The molecule has 1 atom stereocenters. The number of nitrogens with zero attached hydrogens (tertiary/aromatic N) is 2. The summed E-state index contributed by atoms with van der Waals surface area (Å²) in [6, 6.07) is 11.0. The average molecular weight is 373 g/mol. The molecule has 0 aliphatic carbocycles. The summed E-state index contributed by atoms with van der Waals surface area (Å²) in [5.41, 5.74) is 0. The van der Waals surface area contributed by atoms with E-state index in [1.54, 1.807) is 19.2 Å². The quantitative estimate of drug-likeness (QED) is 0.652. The number of methoxy groups -OCH3 is 1. The van der Waals surface area contributed by atoms with Crippen molar-refractivity contribution in [2.24, 2.45) is 0 Å². The molecule has 1 unspecified atom stereocenters.